The molecule has 0 bridgehead atoms. The van der Waals surface area contributed by atoms with E-state index in [0.29, 0.717) is 37.5 Å². The summed E-state index contributed by atoms with van der Waals surface area (Å²) in [6.07, 6.45) is 4.54. The lowest BCUT2D eigenvalue weighted by Gasteiger charge is -2.23. The first-order valence-electron chi connectivity index (χ1n) is 11.4. The van der Waals surface area contributed by atoms with Gasteiger partial charge >= 0.3 is 0 Å². The molecule has 1 N–H and O–H groups in total. The van der Waals surface area contributed by atoms with Crippen LogP contribution in [0.3, 0.4) is 0 Å². The number of aromatic nitrogens is 1. The Labute approximate surface area is 206 Å². The summed E-state index contributed by atoms with van der Waals surface area (Å²) in [5.41, 5.74) is 2.78. The molecule has 1 aliphatic heterocycles. The van der Waals surface area contributed by atoms with E-state index < -0.39 is 16.1 Å². The molecule has 0 aliphatic carbocycles. The molecule has 1 amide bonds. The van der Waals surface area contributed by atoms with Crippen LogP contribution in [0, 0.1) is 6.92 Å². The van der Waals surface area contributed by atoms with Gasteiger partial charge in [0.25, 0.3) is 0 Å². The van der Waals surface area contributed by atoms with Crippen molar-refractivity contribution in [3.8, 4) is 11.5 Å². The van der Waals surface area contributed by atoms with Crippen molar-refractivity contribution in [1.82, 2.24) is 14.6 Å². The third-order valence-electron chi connectivity index (χ3n) is 5.97. The first-order valence-corrected chi connectivity index (χ1v) is 12.9. The Hall–Kier alpha value is -3.43. The summed E-state index contributed by atoms with van der Waals surface area (Å²) in [5.74, 6) is 0.830. The van der Waals surface area contributed by atoms with E-state index in [1.54, 1.807) is 55.9 Å². The van der Waals surface area contributed by atoms with E-state index in [2.05, 4.69) is 10.3 Å². The minimum absolute atomic E-state index is 0.204. The standard InChI is InChI=1S/C26H29N3O5S/c1-19-5-8-22(9-6-19)35(31,32)29-15-3-4-23(29)26(30)28-17-21-7-10-24(25(16-21)33-2)34-18-20-11-13-27-14-12-20/h5-14,16,23H,3-4,15,17-18H2,1-2H3,(H,28,30)/t23-/m0/s1. The van der Waals surface area contributed by atoms with Crippen LogP contribution < -0.4 is 14.8 Å². The Morgan fingerprint density at radius 2 is 1.80 bits per heavy atom. The van der Waals surface area contributed by atoms with Crippen LogP contribution in [0.25, 0.3) is 0 Å². The van der Waals surface area contributed by atoms with Crippen molar-refractivity contribution < 1.29 is 22.7 Å². The van der Waals surface area contributed by atoms with E-state index >= 15 is 0 Å². The maximum atomic E-state index is 13.1. The number of amides is 1. The van der Waals surface area contributed by atoms with Crippen LogP contribution in [-0.4, -0.2) is 43.3 Å². The highest BCUT2D eigenvalue weighted by atomic mass is 32.2. The summed E-state index contributed by atoms with van der Waals surface area (Å²) in [6.45, 7) is 2.85. The van der Waals surface area contributed by atoms with Crippen molar-refractivity contribution >= 4 is 15.9 Å². The Balaban J connectivity index is 1.39. The molecule has 1 saturated heterocycles. The summed E-state index contributed by atoms with van der Waals surface area (Å²) in [7, 11) is -2.19. The molecule has 0 unspecified atom stereocenters. The zero-order chi connectivity index (χ0) is 24.8. The van der Waals surface area contributed by atoms with Crippen LogP contribution in [0.5, 0.6) is 11.5 Å². The number of hydrogen-bond acceptors (Lipinski definition) is 6. The van der Waals surface area contributed by atoms with Crippen molar-refractivity contribution in [3.63, 3.8) is 0 Å². The summed E-state index contributed by atoms with van der Waals surface area (Å²) in [4.78, 5) is 17.2. The number of carbonyl (C=O) groups excluding carboxylic acids is 1. The van der Waals surface area contributed by atoms with Gasteiger partial charge in [-0.25, -0.2) is 8.42 Å². The van der Waals surface area contributed by atoms with Crippen molar-refractivity contribution in [1.29, 1.82) is 0 Å². The van der Waals surface area contributed by atoms with E-state index in [4.69, 9.17) is 9.47 Å². The summed E-state index contributed by atoms with van der Waals surface area (Å²) < 4.78 is 38.9. The highest BCUT2D eigenvalue weighted by Crippen LogP contribution is 2.29. The van der Waals surface area contributed by atoms with E-state index in [1.807, 2.05) is 25.1 Å². The molecule has 184 valence electrons. The second-order valence-corrected chi connectivity index (χ2v) is 10.3. The number of sulfonamides is 1. The van der Waals surface area contributed by atoms with Crippen LogP contribution in [-0.2, 0) is 28.0 Å². The lowest BCUT2D eigenvalue weighted by atomic mass is 10.1. The average Bonchev–Trinajstić information content (AvgIpc) is 3.38. The highest BCUT2D eigenvalue weighted by Gasteiger charge is 2.39. The largest absolute Gasteiger partial charge is 0.493 e. The number of aryl methyl sites for hydroxylation is 1. The number of methoxy groups -OCH3 is 1. The Morgan fingerprint density at radius 3 is 2.51 bits per heavy atom. The number of rotatable bonds is 9. The van der Waals surface area contributed by atoms with Gasteiger partial charge in [0.1, 0.15) is 12.6 Å². The molecule has 1 aliphatic rings. The molecule has 0 spiro atoms. The minimum Gasteiger partial charge on any atom is -0.493 e. The molecule has 1 atom stereocenters. The minimum atomic E-state index is -3.75. The van der Waals surface area contributed by atoms with Crippen LogP contribution in [0.1, 0.15) is 29.5 Å². The fourth-order valence-electron chi connectivity index (χ4n) is 4.02. The lowest BCUT2D eigenvalue weighted by molar-refractivity contribution is -0.124. The van der Waals surface area contributed by atoms with Crippen LogP contribution in [0.15, 0.2) is 71.9 Å². The van der Waals surface area contributed by atoms with E-state index in [1.165, 1.54) is 4.31 Å². The van der Waals surface area contributed by atoms with Gasteiger partial charge < -0.3 is 14.8 Å². The van der Waals surface area contributed by atoms with Crippen LogP contribution in [0.4, 0.5) is 0 Å². The number of nitrogens with zero attached hydrogens (tertiary/aromatic N) is 2. The smallest absolute Gasteiger partial charge is 0.243 e. The quantitative estimate of drug-likeness (QED) is 0.488. The molecule has 8 nitrogen and oxygen atoms in total. The normalized spacial score (nSPS) is 16.1. The number of pyridine rings is 1. The molecular formula is C26H29N3O5S. The predicted molar refractivity (Wildman–Crippen MR) is 132 cm³/mol. The molecule has 9 heteroatoms. The number of carbonyl (C=O) groups is 1. The molecule has 4 rings (SSSR count). The summed E-state index contributed by atoms with van der Waals surface area (Å²) in [5, 5.41) is 2.88. The fourth-order valence-corrected chi connectivity index (χ4v) is 5.68. The molecule has 2 aromatic carbocycles. The van der Waals surface area contributed by atoms with Gasteiger partial charge in [0.05, 0.1) is 12.0 Å². The Kier molecular flexibility index (Phi) is 7.67. The van der Waals surface area contributed by atoms with E-state index in [9.17, 15) is 13.2 Å². The van der Waals surface area contributed by atoms with Gasteiger partial charge in [-0.1, -0.05) is 23.8 Å². The molecule has 0 radical (unpaired) electrons. The second-order valence-electron chi connectivity index (χ2n) is 8.43. The maximum Gasteiger partial charge on any atom is 0.243 e. The SMILES string of the molecule is COc1cc(CNC(=O)[C@@H]2CCCN2S(=O)(=O)c2ccc(C)cc2)ccc1OCc1ccncc1. The van der Waals surface area contributed by atoms with Crippen molar-refractivity contribution in [2.75, 3.05) is 13.7 Å². The third kappa shape index (κ3) is 5.80. The first-order chi connectivity index (χ1) is 16.9. The van der Waals surface area contributed by atoms with Gasteiger partial charge in [0.2, 0.25) is 15.9 Å². The van der Waals surface area contributed by atoms with Crippen molar-refractivity contribution in [2.24, 2.45) is 0 Å². The zero-order valence-electron chi connectivity index (χ0n) is 19.8. The maximum absolute atomic E-state index is 13.1. The molecule has 1 fully saturated rings. The Bertz CT molecular complexity index is 1260. The highest BCUT2D eigenvalue weighted by molar-refractivity contribution is 7.89. The van der Waals surface area contributed by atoms with Crippen LogP contribution >= 0.6 is 0 Å². The molecule has 2 heterocycles. The van der Waals surface area contributed by atoms with E-state index in [0.717, 1.165) is 16.7 Å². The van der Waals surface area contributed by atoms with Crippen molar-refractivity contribution in [2.45, 2.75) is 43.9 Å². The van der Waals surface area contributed by atoms with E-state index in [-0.39, 0.29) is 17.3 Å². The number of nitrogens with one attached hydrogen (secondary N) is 1. The van der Waals surface area contributed by atoms with Crippen LogP contribution in [0.2, 0.25) is 0 Å². The molecule has 1 aromatic heterocycles. The topological polar surface area (TPSA) is 97.8 Å². The van der Waals surface area contributed by atoms with Gasteiger partial charge in [-0.2, -0.15) is 4.31 Å². The van der Waals surface area contributed by atoms with Crippen molar-refractivity contribution in [3.05, 3.63) is 83.7 Å². The van der Waals surface area contributed by atoms with Gasteiger partial charge in [-0.15, -0.1) is 0 Å². The fraction of sp³-hybridized carbons (Fsp3) is 0.308. The Morgan fingerprint density at radius 1 is 1.06 bits per heavy atom. The first kappa shape index (κ1) is 24.7. The van der Waals surface area contributed by atoms with Gasteiger partial charge in [-0.3, -0.25) is 9.78 Å². The second kappa shape index (κ2) is 10.9. The van der Waals surface area contributed by atoms with Gasteiger partial charge in [-0.05, 0) is 67.3 Å². The molecule has 0 saturated carbocycles. The zero-order valence-corrected chi connectivity index (χ0v) is 20.6. The van der Waals surface area contributed by atoms with Gasteiger partial charge in [0.15, 0.2) is 11.5 Å². The molecular weight excluding hydrogens is 466 g/mol. The van der Waals surface area contributed by atoms with Gasteiger partial charge in [0, 0.05) is 25.5 Å². The average molecular weight is 496 g/mol. The number of hydrogen-bond donors (Lipinski definition) is 1. The molecule has 3 aromatic rings. The summed E-state index contributed by atoms with van der Waals surface area (Å²) in [6, 6.07) is 15.2. The number of ether oxygens (including phenoxy) is 2. The summed E-state index contributed by atoms with van der Waals surface area (Å²) >= 11 is 0. The lowest BCUT2D eigenvalue weighted by Crippen LogP contribution is -2.45. The predicted octanol–water partition coefficient (Wildman–Crippen LogP) is 3.45. The molecule has 35 heavy (non-hydrogen) atoms. The third-order valence-corrected chi connectivity index (χ3v) is 7.89. The number of benzene rings is 2. The monoisotopic (exact) mass is 495 g/mol.